The van der Waals surface area contributed by atoms with E-state index in [1.54, 1.807) is 24.3 Å². The highest BCUT2D eigenvalue weighted by Gasteiger charge is 2.38. The minimum atomic E-state index is -3.66. The van der Waals surface area contributed by atoms with Gasteiger partial charge in [-0.3, -0.25) is 4.79 Å². The van der Waals surface area contributed by atoms with Gasteiger partial charge < -0.3 is 10.1 Å². The number of carbonyl (C=O) groups is 1. The molecule has 0 saturated heterocycles. The maximum atomic E-state index is 13.9. The van der Waals surface area contributed by atoms with E-state index in [0.717, 1.165) is 77.0 Å². The van der Waals surface area contributed by atoms with Crippen LogP contribution >= 0.6 is 23.2 Å². The van der Waals surface area contributed by atoms with Crippen molar-refractivity contribution >= 4 is 44.8 Å². The molecule has 9 heteroatoms. The van der Waals surface area contributed by atoms with Crippen LogP contribution in [0.5, 0.6) is 5.75 Å². The van der Waals surface area contributed by atoms with Crippen LogP contribution in [0.3, 0.4) is 0 Å². The van der Waals surface area contributed by atoms with Gasteiger partial charge in [-0.2, -0.15) is 4.31 Å². The number of anilines is 1. The molecule has 2 aliphatic carbocycles. The molecule has 0 heterocycles. The molecule has 0 bridgehead atoms. The molecule has 2 aromatic carbocycles. The minimum absolute atomic E-state index is 0.0685. The summed E-state index contributed by atoms with van der Waals surface area (Å²) in [6.45, 7) is 2.66. The van der Waals surface area contributed by atoms with Crippen LogP contribution in [0.1, 0.15) is 107 Å². The Morgan fingerprint density at radius 2 is 1.43 bits per heavy atom. The fourth-order valence-electron chi connectivity index (χ4n) is 5.93. The number of rotatable bonds is 12. The Bertz CT molecular complexity index is 1180. The van der Waals surface area contributed by atoms with Gasteiger partial charge in [-0.25, -0.2) is 8.42 Å². The van der Waals surface area contributed by atoms with Crippen LogP contribution < -0.4 is 10.1 Å². The van der Waals surface area contributed by atoms with E-state index in [1.807, 2.05) is 4.31 Å². The quantitative estimate of drug-likeness (QED) is 0.244. The van der Waals surface area contributed by atoms with E-state index in [4.69, 9.17) is 27.9 Å². The van der Waals surface area contributed by atoms with Crippen LogP contribution in [-0.2, 0) is 10.0 Å². The molecule has 40 heavy (non-hydrogen) atoms. The lowest BCUT2D eigenvalue weighted by Crippen LogP contribution is -2.48. The third-order valence-corrected chi connectivity index (χ3v) is 10.6. The molecule has 0 spiro atoms. The molecule has 2 aromatic rings. The summed E-state index contributed by atoms with van der Waals surface area (Å²) in [5.41, 5.74) is 0.792. The summed E-state index contributed by atoms with van der Waals surface area (Å²) >= 11 is 12.8. The first kappa shape index (κ1) is 31.1. The van der Waals surface area contributed by atoms with Crippen LogP contribution in [0.25, 0.3) is 0 Å². The van der Waals surface area contributed by atoms with E-state index in [1.165, 1.54) is 25.0 Å². The monoisotopic (exact) mass is 608 g/mol. The van der Waals surface area contributed by atoms with Crippen molar-refractivity contribution in [2.45, 2.75) is 114 Å². The first-order valence-electron chi connectivity index (χ1n) is 14.9. The minimum Gasteiger partial charge on any atom is -0.490 e. The fraction of sp³-hybridized carbons (Fsp3) is 0.581. The topological polar surface area (TPSA) is 75.7 Å². The second-order valence-electron chi connectivity index (χ2n) is 11.1. The summed E-state index contributed by atoms with van der Waals surface area (Å²) in [5, 5.41) is 3.38. The van der Waals surface area contributed by atoms with Crippen molar-refractivity contribution in [3.8, 4) is 5.75 Å². The zero-order valence-electron chi connectivity index (χ0n) is 23.5. The van der Waals surface area contributed by atoms with E-state index >= 15 is 0 Å². The summed E-state index contributed by atoms with van der Waals surface area (Å²) in [7, 11) is -3.66. The van der Waals surface area contributed by atoms with Crippen molar-refractivity contribution in [1.29, 1.82) is 0 Å². The molecule has 0 aliphatic heterocycles. The molecule has 4 rings (SSSR count). The molecule has 2 aliphatic rings. The number of unbranched alkanes of at least 4 members (excludes halogenated alkanes) is 3. The maximum absolute atomic E-state index is 13.9. The van der Waals surface area contributed by atoms with E-state index in [2.05, 4.69) is 12.2 Å². The number of sulfonamides is 1. The van der Waals surface area contributed by atoms with Gasteiger partial charge in [0, 0.05) is 23.3 Å². The maximum Gasteiger partial charge on any atom is 0.255 e. The zero-order valence-corrected chi connectivity index (χ0v) is 25.8. The van der Waals surface area contributed by atoms with Gasteiger partial charge in [0.05, 0.1) is 21.5 Å². The molecule has 0 unspecified atom stereocenters. The van der Waals surface area contributed by atoms with Gasteiger partial charge in [0.25, 0.3) is 5.91 Å². The average molecular weight is 610 g/mol. The number of nitrogens with one attached hydrogen (secondary N) is 1. The average Bonchev–Trinajstić information content (AvgIpc) is 2.95. The van der Waals surface area contributed by atoms with Gasteiger partial charge in [0.15, 0.2) is 5.75 Å². The Morgan fingerprint density at radius 1 is 0.875 bits per heavy atom. The normalized spacial score (nSPS) is 17.2. The number of carbonyl (C=O) groups excluding carboxylic acids is 1. The zero-order chi connectivity index (χ0) is 28.5. The van der Waals surface area contributed by atoms with Crippen molar-refractivity contribution < 1.29 is 17.9 Å². The van der Waals surface area contributed by atoms with Gasteiger partial charge in [0.2, 0.25) is 10.0 Å². The van der Waals surface area contributed by atoms with Crippen LogP contribution in [0.15, 0.2) is 41.3 Å². The van der Waals surface area contributed by atoms with Gasteiger partial charge in [0.1, 0.15) is 0 Å². The second kappa shape index (κ2) is 14.9. The smallest absolute Gasteiger partial charge is 0.255 e. The summed E-state index contributed by atoms with van der Waals surface area (Å²) in [6.07, 6.45) is 14.7. The lowest BCUT2D eigenvalue weighted by molar-refractivity contribution is 0.102. The van der Waals surface area contributed by atoms with E-state index in [-0.39, 0.29) is 32.9 Å². The van der Waals surface area contributed by atoms with Crippen LogP contribution in [0.4, 0.5) is 5.69 Å². The number of benzene rings is 2. The Labute approximate surface area is 249 Å². The molecule has 0 atom stereocenters. The van der Waals surface area contributed by atoms with Crippen molar-refractivity contribution in [1.82, 2.24) is 4.31 Å². The summed E-state index contributed by atoms with van der Waals surface area (Å²) in [6, 6.07) is 9.68. The fourth-order valence-corrected chi connectivity index (χ4v) is 8.46. The molecule has 1 amide bonds. The molecule has 2 saturated carbocycles. The van der Waals surface area contributed by atoms with Crippen LogP contribution in [0, 0.1) is 0 Å². The van der Waals surface area contributed by atoms with Gasteiger partial charge in [-0.15, -0.1) is 0 Å². The SMILES string of the molecule is CCCCCCOc1c(Cl)cc(C(=O)Nc2ccc(S(=O)(=O)N(C3CCCCC3)C3CCCCC3)cc2)cc1Cl. The first-order valence-corrected chi connectivity index (χ1v) is 17.1. The van der Waals surface area contributed by atoms with Gasteiger partial charge in [-0.1, -0.05) is 87.9 Å². The predicted molar refractivity (Wildman–Crippen MR) is 163 cm³/mol. The number of nitrogens with zero attached hydrogens (tertiary/aromatic N) is 1. The Kier molecular flexibility index (Phi) is 11.6. The Balaban J connectivity index is 1.44. The van der Waals surface area contributed by atoms with Crippen molar-refractivity contribution in [2.24, 2.45) is 0 Å². The third-order valence-electron chi connectivity index (χ3n) is 8.06. The van der Waals surface area contributed by atoms with E-state index < -0.39 is 10.0 Å². The molecule has 2 fully saturated rings. The number of hydrogen-bond donors (Lipinski definition) is 1. The molecule has 6 nitrogen and oxygen atoms in total. The van der Waals surface area contributed by atoms with Gasteiger partial charge >= 0.3 is 0 Å². The molecule has 220 valence electrons. The number of ether oxygens (including phenoxy) is 1. The van der Waals surface area contributed by atoms with E-state index in [0.29, 0.717) is 23.6 Å². The molecule has 0 aromatic heterocycles. The van der Waals surface area contributed by atoms with Crippen LogP contribution in [-0.4, -0.2) is 37.3 Å². The van der Waals surface area contributed by atoms with Crippen molar-refractivity contribution in [3.05, 3.63) is 52.0 Å². The van der Waals surface area contributed by atoms with Crippen molar-refractivity contribution in [2.75, 3.05) is 11.9 Å². The Hall–Kier alpha value is -1.80. The molecule has 0 radical (unpaired) electrons. The predicted octanol–water partition coefficient (Wildman–Crippen LogP) is 8.86. The standard InChI is InChI=1S/C31H42Cl2N2O4S/c1-2-3-4-11-20-39-30-28(32)21-23(22-29(30)33)31(36)34-24-16-18-27(19-17-24)40(37,38)35(25-12-7-5-8-13-25)26-14-9-6-10-15-26/h16-19,21-22,25-26H,2-15,20H2,1H3,(H,34,36). The highest BCUT2D eigenvalue weighted by Crippen LogP contribution is 2.36. The highest BCUT2D eigenvalue weighted by atomic mass is 35.5. The second-order valence-corrected chi connectivity index (χ2v) is 13.7. The molecular weight excluding hydrogens is 567 g/mol. The largest absolute Gasteiger partial charge is 0.490 e. The number of amides is 1. The highest BCUT2D eigenvalue weighted by molar-refractivity contribution is 7.89. The molecule has 1 N–H and O–H groups in total. The van der Waals surface area contributed by atoms with Gasteiger partial charge in [-0.05, 0) is 68.5 Å². The Morgan fingerprint density at radius 3 is 1.95 bits per heavy atom. The van der Waals surface area contributed by atoms with Crippen molar-refractivity contribution in [3.63, 3.8) is 0 Å². The van der Waals surface area contributed by atoms with E-state index in [9.17, 15) is 13.2 Å². The number of hydrogen-bond acceptors (Lipinski definition) is 4. The summed E-state index contributed by atoms with van der Waals surface area (Å²) in [4.78, 5) is 13.2. The molecular formula is C31H42Cl2N2O4S. The van der Waals surface area contributed by atoms with Crippen LogP contribution in [0.2, 0.25) is 10.0 Å². The summed E-state index contributed by atoms with van der Waals surface area (Å²) < 4.78 is 35.4. The lowest BCUT2D eigenvalue weighted by Gasteiger charge is -2.40. The first-order chi connectivity index (χ1) is 19.3. The number of halogens is 2. The summed E-state index contributed by atoms with van der Waals surface area (Å²) in [5.74, 6) is -0.00799. The lowest BCUT2D eigenvalue weighted by atomic mass is 9.91. The third kappa shape index (κ3) is 7.93.